The third-order valence-electron chi connectivity index (χ3n) is 2.17. The van der Waals surface area contributed by atoms with E-state index in [-0.39, 0.29) is 6.42 Å². The van der Waals surface area contributed by atoms with Crippen LogP contribution >= 0.6 is 0 Å². The third-order valence-corrected chi connectivity index (χ3v) is 2.17. The molecule has 0 fully saturated rings. The molecule has 0 aliphatic carbocycles. The van der Waals surface area contributed by atoms with Gasteiger partial charge >= 0.3 is 5.97 Å². The molecule has 0 aliphatic heterocycles. The van der Waals surface area contributed by atoms with Crippen LogP contribution in [-0.2, 0) is 4.79 Å². The van der Waals surface area contributed by atoms with E-state index in [4.69, 9.17) is 9.84 Å². The number of aliphatic hydroxyl groups excluding tert-OH is 1. The number of ether oxygens (including phenoxy) is 1. The van der Waals surface area contributed by atoms with Gasteiger partial charge in [0.05, 0.1) is 19.6 Å². The second-order valence-electron chi connectivity index (χ2n) is 3.31. The van der Waals surface area contributed by atoms with Crippen molar-refractivity contribution < 1.29 is 19.7 Å². The van der Waals surface area contributed by atoms with Crippen molar-refractivity contribution in [1.82, 2.24) is 0 Å². The van der Waals surface area contributed by atoms with Crippen molar-refractivity contribution >= 4 is 5.97 Å². The zero-order valence-electron chi connectivity index (χ0n) is 8.73. The van der Waals surface area contributed by atoms with Gasteiger partial charge in [0.25, 0.3) is 0 Å². The Morgan fingerprint density at radius 2 is 2.20 bits per heavy atom. The van der Waals surface area contributed by atoms with Crippen molar-refractivity contribution in [3.8, 4) is 5.75 Å². The summed E-state index contributed by atoms with van der Waals surface area (Å²) < 4.78 is 5.13. The molecule has 0 bridgehead atoms. The summed E-state index contributed by atoms with van der Waals surface area (Å²) in [6.07, 6.45) is -1.35. The lowest BCUT2D eigenvalue weighted by atomic mass is 10.0. The predicted molar refractivity (Wildman–Crippen MR) is 54.9 cm³/mol. The van der Waals surface area contributed by atoms with Crippen molar-refractivity contribution in [3.63, 3.8) is 0 Å². The number of aryl methyl sites for hydroxylation is 1. The number of rotatable bonds is 4. The molecule has 4 nitrogen and oxygen atoms in total. The molecule has 2 N–H and O–H groups in total. The van der Waals surface area contributed by atoms with Crippen molar-refractivity contribution in [2.24, 2.45) is 0 Å². The molecule has 0 unspecified atom stereocenters. The Kier molecular flexibility index (Phi) is 3.68. The van der Waals surface area contributed by atoms with E-state index in [2.05, 4.69) is 0 Å². The van der Waals surface area contributed by atoms with Gasteiger partial charge in [-0.1, -0.05) is 18.2 Å². The number of benzene rings is 1. The largest absolute Gasteiger partial charge is 0.496 e. The lowest BCUT2D eigenvalue weighted by Gasteiger charge is -2.14. The highest BCUT2D eigenvalue weighted by molar-refractivity contribution is 5.68. The van der Waals surface area contributed by atoms with Crippen LogP contribution in [0, 0.1) is 6.92 Å². The van der Waals surface area contributed by atoms with Crippen LogP contribution in [0.15, 0.2) is 18.2 Å². The van der Waals surface area contributed by atoms with E-state index in [1.807, 2.05) is 13.0 Å². The summed E-state index contributed by atoms with van der Waals surface area (Å²) >= 11 is 0. The minimum absolute atomic E-state index is 0.320. The summed E-state index contributed by atoms with van der Waals surface area (Å²) in [5.74, 6) is -0.489. The van der Waals surface area contributed by atoms with Crippen molar-refractivity contribution in [2.75, 3.05) is 7.11 Å². The van der Waals surface area contributed by atoms with Gasteiger partial charge in [0, 0.05) is 5.56 Å². The molecule has 0 aliphatic rings. The number of hydrogen-bond acceptors (Lipinski definition) is 3. The molecule has 0 radical (unpaired) electrons. The number of para-hydroxylation sites is 1. The maximum Gasteiger partial charge on any atom is 0.306 e. The van der Waals surface area contributed by atoms with E-state index in [1.165, 1.54) is 7.11 Å². The molecule has 0 spiro atoms. The highest BCUT2D eigenvalue weighted by atomic mass is 16.5. The normalized spacial score (nSPS) is 12.2. The first-order valence-corrected chi connectivity index (χ1v) is 4.59. The van der Waals surface area contributed by atoms with E-state index in [9.17, 15) is 9.90 Å². The molecule has 15 heavy (non-hydrogen) atoms. The minimum Gasteiger partial charge on any atom is -0.496 e. The molecule has 0 aromatic heterocycles. The average molecular weight is 210 g/mol. The average Bonchev–Trinajstić information content (AvgIpc) is 2.16. The topological polar surface area (TPSA) is 66.8 Å². The van der Waals surface area contributed by atoms with Crippen molar-refractivity contribution in [2.45, 2.75) is 19.4 Å². The number of aliphatic hydroxyl groups is 1. The predicted octanol–water partition coefficient (Wildman–Crippen LogP) is 1.51. The van der Waals surface area contributed by atoms with Crippen molar-refractivity contribution in [3.05, 3.63) is 29.3 Å². The Morgan fingerprint density at radius 1 is 1.53 bits per heavy atom. The van der Waals surface area contributed by atoms with Crippen LogP contribution in [-0.4, -0.2) is 23.3 Å². The van der Waals surface area contributed by atoms with Gasteiger partial charge in [-0.3, -0.25) is 4.79 Å². The minimum atomic E-state index is -1.04. The number of carboxylic acid groups (broad SMARTS) is 1. The Morgan fingerprint density at radius 3 is 2.73 bits per heavy atom. The Hall–Kier alpha value is -1.55. The monoisotopic (exact) mass is 210 g/mol. The zero-order chi connectivity index (χ0) is 11.4. The van der Waals surface area contributed by atoms with Crippen LogP contribution in [0.1, 0.15) is 23.7 Å². The maximum absolute atomic E-state index is 10.5. The van der Waals surface area contributed by atoms with Gasteiger partial charge in [-0.05, 0) is 12.5 Å². The quantitative estimate of drug-likeness (QED) is 0.790. The maximum atomic E-state index is 10.5. The SMILES string of the molecule is COc1c(C)cccc1[C@H](O)CC(=O)O. The summed E-state index contributed by atoms with van der Waals surface area (Å²) in [4.78, 5) is 10.5. The van der Waals surface area contributed by atoms with Crippen LogP contribution in [0.3, 0.4) is 0 Å². The van der Waals surface area contributed by atoms with Gasteiger partial charge in [-0.25, -0.2) is 0 Å². The molecule has 82 valence electrons. The highest BCUT2D eigenvalue weighted by Gasteiger charge is 2.17. The van der Waals surface area contributed by atoms with Crippen molar-refractivity contribution in [1.29, 1.82) is 0 Å². The first-order valence-electron chi connectivity index (χ1n) is 4.59. The van der Waals surface area contributed by atoms with Gasteiger partial charge in [0.2, 0.25) is 0 Å². The molecule has 1 rings (SSSR count). The lowest BCUT2D eigenvalue weighted by Crippen LogP contribution is -2.07. The molecule has 1 aromatic carbocycles. The Bertz CT molecular complexity index is 360. The van der Waals surface area contributed by atoms with E-state index in [0.717, 1.165) is 5.56 Å². The van der Waals surface area contributed by atoms with Crippen LogP contribution < -0.4 is 4.74 Å². The van der Waals surface area contributed by atoms with E-state index in [1.54, 1.807) is 12.1 Å². The molecular formula is C11H14O4. The molecule has 0 amide bonds. The third kappa shape index (κ3) is 2.70. The number of carboxylic acids is 1. The van der Waals surface area contributed by atoms with E-state index in [0.29, 0.717) is 11.3 Å². The fourth-order valence-electron chi connectivity index (χ4n) is 1.49. The molecule has 1 atom stereocenters. The van der Waals surface area contributed by atoms with Gasteiger partial charge in [-0.15, -0.1) is 0 Å². The van der Waals surface area contributed by atoms with Crippen LogP contribution in [0.4, 0.5) is 0 Å². The second kappa shape index (κ2) is 4.79. The zero-order valence-corrected chi connectivity index (χ0v) is 8.73. The number of methoxy groups -OCH3 is 1. The molecule has 0 saturated heterocycles. The number of hydrogen-bond donors (Lipinski definition) is 2. The van der Waals surface area contributed by atoms with Gasteiger partial charge in [-0.2, -0.15) is 0 Å². The van der Waals surface area contributed by atoms with Gasteiger partial charge in [0.15, 0.2) is 0 Å². The highest BCUT2D eigenvalue weighted by Crippen LogP contribution is 2.29. The number of aliphatic carboxylic acids is 1. The fourth-order valence-corrected chi connectivity index (χ4v) is 1.49. The Balaban J connectivity index is 3.02. The summed E-state index contributed by atoms with van der Waals surface area (Å²) in [7, 11) is 1.50. The number of carbonyl (C=O) groups is 1. The summed E-state index contributed by atoms with van der Waals surface area (Å²) in [5.41, 5.74) is 1.39. The smallest absolute Gasteiger partial charge is 0.306 e. The van der Waals surface area contributed by atoms with Crippen LogP contribution in [0.25, 0.3) is 0 Å². The summed E-state index contributed by atoms with van der Waals surface area (Å²) in [6.45, 7) is 1.84. The van der Waals surface area contributed by atoms with E-state index >= 15 is 0 Å². The van der Waals surface area contributed by atoms with Gasteiger partial charge in [0.1, 0.15) is 5.75 Å². The fraction of sp³-hybridized carbons (Fsp3) is 0.364. The molecule has 4 heteroatoms. The van der Waals surface area contributed by atoms with Crippen LogP contribution in [0.5, 0.6) is 5.75 Å². The van der Waals surface area contributed by atoms with E-state index < -0.39 is 12.1 Å². The molecule has 0 saturated carbocycles. The first kappa shape index (κ1) is 11.5. The molecule has 0 heterocycles. The summed E-state index contributed by atoms with van der Waals surface area (Å²) in [6, 6.07) is 5.27. The van der Waals surface area contributed by atoms with Crippen LogP contribution in [0.2, 0.25) is 0 Å². The lowest BCUT2D eigenvalue weighted by molar-refractivity contribution is -0.139. The molecule has 1 aromatic rings. The second-order valence-corrected chi connectivity index (χ2v) is 3.31. The Labute approximate surface area is 88.1 Å². The first-order chi connectivity index (χ1) is 7.06. The van der Waals surface area contributed by atoms with Gasteiger partial charge < -0.3 is 14.9 Å². The molecular weight excluding hydrogens is 196 g/mol. The summed E-state index contributed by atoms with van der Waals surface area (Å²) in [5, 5.41) is 18.2. The standard InChI is InChI=1S/C11H14O4/c1-7-4-3-5-8(11(7)15-2)9(12)6-10(13)14/h3-5,9,12H,6H2,1-2H3,(H,13,14)/t9-/m1/s1.